The van der Waals surface area contributed by atoms with Crippen LogP contribution < -0.4 is 10.6 Å². The number of nitrogens with zero attached hydrogens (tertiary/aromatic N) is 1. The van der Waals surface area contributed by atoms with Gasteiger partial charge in [0.2, 0.25) is 5.91 Å². The van der Waals surface area contributed by atoms with Gasteiger partial charge in [-0.05, 0) is 37.8 Å². The van der Waals surface area contributed by atoms with Crippen molar-refractivity contribution in [3.05, 3.63) is 35.4 Å². The fraction of sp³-hybridized carbons (Fsp3) is 0.529. The second kappa shape index (κ2) is 6.38. The molecule has 3 amide bonds. The molecule has 1 saturated carbocycles. The summed E-state index contributed by atoms with van der Waals surface area (Å²) in [5.41, 5.74) is 2.64. The SMILES string of the molecule is Cc1ccccc1C1(CNC(=O)NC(C)C(=O)N(C)C)CC1. The largest absolute Gasteiger partial charge is 0.347 e. The molecule has 0 aliphatic heterocycles. The maximum atomic E-state index is 12.0. The summed E-state index contributed by atoms with van der Waals surface area (Å²) in [5.74, 6) is -0.116. The van der Waals surface area contributed by atoms with Gasteiger partial charge in [0.15, 0.2) is 0 Å². The van der Waals surface area contributed by atoms with Crippen molar-refractivity contribution in [1.82, 2.24) is 15.5 Å². The zero-order valence-electron chi connectivity index (χ0n) is 13.8. The molecule has 1 aliphatic rings. The number of rotatable bonds is 5. The molecular formula is C17H25N3O2. The van der Waals surface area contributed by atoms with Crippen molar-refractivity contribution < 1.29 is 9.59 Å². The molecule has 0 aromatic heterocycles. The molecule has 1 atom stereocenters. The summed E-state index contributed by atoms with van der Waals surface area (Å²) in [6.07, 6.45) is 2.18. The number of likely N-dealkylation sites (N-methyl/N-ethyl adjacent to an activating group) is 1. The lowest BCUT2D eigenvalue weighted by Gasteiger charge is -2.21. The molecule has 0 bridgehead atoms. The van der Waals surface area contributed by atoms with E-state index in [9.17, 15) is 9.59 Å². The molecular weight excluding hydrogens is 278 g/mol. The summed E-state index contributed by atoms with van der Waals surface area (Å²) in [6.45, 7) is 4.40. The number of hydrogen-bond donors (Lipinski definition) is 2. The molecule has 0 spiro atoms. The molecule has 2 N–H and O–H groups in total. The van der Waals surface area contributed by atoms with Crippen molar-refractivity contribution in [1.29, 1.82) is 0 Å². The van der Waals surface area contributed by atoms with Gasteiger partial charge in [-0.2, -0.15) is 0 Å². The maximum Gasteiger partial charge on any atom is 0.315 e. The minimum atomic E-state index is -0.524. The van der Waals surface area contributed by atoms with Crippen molar-refractivity contribution in [2.75, 3.05) is 20.6 Å². The van der Waals surface area contributed by atoms with Crippen LogP contribution in [0.4, 0.5) is 4.79 Å². The number of hydrogen-bond acceptors (Lipinski definition) is 2. The van der Waals surface area contributed by atoms with E-state index in [1.54, 1.807) is 21.0 Å². The van der Waals surface area contributed by atoms with Gasteiger partial charge in [0.25, 0.3) is 0 Å². The van der Waals surface area contributed by atoms with Crippen molar-refractivity contribution in [3.63, 3.8) is 0 Å². The van der Waals surface area contributed by atoms with Crippen molar-refractivity contribution in [3.8, 4) is 0 Å². The third-order valence-electron chi connectivity index (χ3n) is 4.32. The van der Waals surface area contributed by atoms with Crippen LogP contribution in [0.3, 0.4) is 0 Å². The first-order chi connectivity index (χ1) is 10.4. The Hall–Kier alpha value is -2.04. The summed E-state index contributed by atoms with van der Waals surface area (Å²) in [7, 11) is 3.35. The van der Waals surface area contributed by atoms with Gasteiger partial charge < -0.3 is 15.5 Å². The fourth-order valence-electron chi connectivity index (χ4n) is 2.81. The van der Waals surface area contributed by atoms with Gasteiger partial charge in [0.1, 0.15) is 6.04 Å². The Bertz CT molecular complexity index is 565. The van der Waals surface area contributed by atoms with Crippen LogP contribution in [-0.2, 0) is 10.2 Å². The monoisotopic (exact) mass is 303 g/mol. The molecule has 1 aromatic carbocycles. The lowest BCUT2D eigenvalue weighted by molar-refractivity contribution is -0.130. The molecule has 1 aromatic rings. The fourth-order valence-corrected chi connectivity index (χ4v) is 2.81. The van der Waals surface area contributed by atoms with Crippen LogP contribution in [0, 0.1) is 6.92 Å². The zero-order chi connectivity index (χ0) is 16.3. The second-order valence-corrected chi connectivity index (χ2v) is 6.38. The molecule has 1 fully saturated rings. The number of nitrogens with one attached hydrogen (secondary N) is 2. The Labute approximate surface area is 132 Å². The first kappa shape index (κ1) is 16.3. The topological polar surface area (TPSA) is 61.4 Å². The molecule has 22 heavy (non-hydrogen) atoms. The van der Waals surface area contributed by atoms with E-state index < -0.39 is 6.04 Å². The van der Waals surface area contributed by atoms with Gasteiger partial charge in [-0.3, -0.25) is 4.79 Å². The van der Waals surface area contributed by atoms with Crippen LogP contribution in [0.5, 0.6) is 0 Å². The molecule has 120 valence electrons. The standard InChI is InChI=1S/C17H25N3O2/c1-12-7-5-6-8-14(12)17(9-10-17)11-18-16(22)19-13(2)15(21)20(3)4/h5-8,13H,9-11H2,1-4H3,(H2,18,19,22). The Morgan fingerprint density at radius 2 is 1.91 bits per heavy atom. The van der Waals surface area contributed by atoms with E-state index in [1.165, 1.54) is 16.0 Å². The molecule has 5 heteroatoms. The lowest BCUT2D eigenvalue weighted by atomic mass is 9.92. The van der Waals surface area contributed by atoms with Gasteiger partial charge >= 0.3 is 6.03 Å². The Morgan fingerprint density at radius 3 is 2.45 bits per heavy atom. The number of carbonyl (C=O) groups is 2. The lowest BCUT2D eigenvalue weighted by Crippen LogP contribution is -2.49. The number of amides is 3. The van der Waals surface area contributed by atoms with Crippen LogP contribution in [0.25, 0.3) is 0 Å². The molecule has 5 nitrogen and oxygen atoms in total. The minimum absolute atomic E-state index is 0.0669. The third-order valence-corrected chi connectivity index (χ3v) is 4.32. The van der Waals surface area contributed by atoms with Crippen LogP contribution in [0.15, 0.2) is 24.3 Å². The predicted molar refractivity (Wildman–Crippen MR) is 86.8 cm³/mol. The number of benzene rings is 1. The number of urea groups is 1. The molecule has 0 saturated heterocycles. The predicted octanol–water partition coefficient (Wildman–Crippen LogP) is 1.80. The highest BCUT2D eigenvalue weighted by molar-refractivity contribution is 5.86. The average Bonchev–Trinajstić information content (AvgIpc) is 3.25. The molecule has 0 heterocycles. The van der Waals surface area contributed by atoms with Crippen LogP contribution in [-0.4, -0.2) is 43.5 Å². The van der Waals surface area contributed by atoms with Crippen LogP contribution >= 0.6 is 0 Å². The number of carbonyl (C=O) groups excluding carboxylic acids is 2. The van der Waals surface area contributed by atoms with E-state index in [2.05, 4.69) is 29.7 Å². The Kier molecular flexibility index (Phi) is 4.74. The second-order valence-electron chi connectivity index (χ2n) is 6.38. The molecule has 1 unspecified atom stereocenters. The maximum absolute atomic E-state index is 12.0. The van der Waals surface area contributed by atoms with E-state index >= 15 is 0 Å². The van der Waals surface area contributed by atoms with Gasteiger partial charge in [0.05, 0.1) is 0 Å². The highest BCUT2D eigenvalue weighted by atomic mass is 16.2. The first-order valence-corrected chi connectivity index (χ1v) is 7.67. The van der Waals surface area contributed by atoms with E-state index in [0.717, 1.165) is 12.8 Å². The van der Waals surface area contributed by atoms with E-state index in [4.69, 9.17) is 0 Å². The summed E-state index contributed by atoms with van der Waals surface area (Å²) < 4.78 is 0. The number of aryl methyl sites for hydroxylation is 1. The molecule has 1 aliphatic carbocycles. The van der Waals surface area contributed by atoms with E-state index in [0.29, 0.717) is 6.54 Å². The normalized spacial score (nSPS) is 16.5. The van der Waals surface area contributed by atoms with Crippen LogP contribution in [0.1, 0.15) is 30.9 Å². The van der Waals surface area contributed by atoms with Gasteiger partial charge in [-0.25, -0.2) is 4.79 Å². The zero-order valence-corrected chi connectivity index (χ0v) is 13.8. The van der Waals surface area contributed by atoms with E-state index in [1.807, 2.05) is 12.1 Å². The van der Waals surface area contributed by atoms with Crippen molar-refractivity contribution in [2.24, 2.45) is 0 Å². The third kappa shape index (κ3) is 3.59. The smallest absolute Gasteiger partial charge is 0.315 e. The quantitative estimate of drug-likeness (QED) is 0.871. The summed E-state index contributed by atoms with van der Waals surface area (Å²) in [6, 6.07) is 7.50. The van der Waals surface area contributed by atoms with Crippen molar-refractivity contribution in [2.45, 2.75) is 38.1 Å². The van der Waals surface area contributed by atoms with Gasteiger partial charge in [0, 0.05) is 26.1 Å². The van der Waals surface area contributed by atoms with E-state index in [-0.39, 0.29) is 17.4 Å². The highest BCUT2D eigenvalue weighted by Gasteiger charge is 2.45. The molecule has 2 rings (SSSR count). The average molecular weight is 303 g/mol. The summed E-state index contributed by atoms with van der Waals surface area (Å²) in [5, 5.41) is 5.60. The Balaban J connectivity index is 1.89. The summed E-state index contributed by atoms with van der Waals surface area (Å²) in [4.78, 5) is 25.2. The highest BCUT2D eigenvalue weighted by Crippen LogP contribution is 2.48. The first-order valence-electron chi connectivity index (χ1n) is 7.67. The Morgan fingerprint density at radius 1 is 1.27 bits per heavy atom. The minimum Gasteiger partial charge on any atom is -0.347 e. The summed E-state index contributed by atoms with van der Waals surface area (Å²) >= 11 is 0. The molecule has 0 radical (unpaired) electrons. The van der Waals surface area contributed by atoms with Gasteiger partial charge in [-0.1, -0.05) is 24.3 Å². The van der Waals surface area contributed by atoms with Crippen molar-refractivity contribution >= 4 is 11.9 Å². The van der Waals surface area contributed by atoms with Crippen LogP contribution in [0.2, 0.25) is 0 Å². The van der Waals surface area contributed by atoms with Gasteiger partial charge in [-0.15, -0.1) is 0 Å².